The van der Waals surface area contributed by atoms with Crippen LogP contribution in [0.4, 0.5) is 5.69 Å². The third-order valence-corrected chi connectivity index (χ3v) is 4.42. The average molecular weight is 347 g/mol. The number of benzene rings is 1. The Labute approximate surface area is 140 Å². The fraction of sp³-hybridized carbons (Fsp3) is 0.467. The molecular formula is C15H20Cl2N2O3. The van der Waals surface area contributed by atoms with Crippen LogP contribution in [0, 0.1) is 6.92 Å². The van der Waals surface area contributed by atoms with E-state index in [1.54, 1.807) is 6.92 Å². The first-order valence-corrected chi connectivity index (χ1v) is 7.75. The summed E-state index contributed by atoms with van der Waals surface area (Å²) in [6.07, 6.45) is 0.961. The van der Waals surface area contributed by atoms with E-state index in [1.165, 1.54) is 12.1 Å². The van der Waals surface area contributed by atoms with Crippen molar-refractivity contribution in [1.82, 2.24) is 5.32 Å². The van der Waals surface area contributed by atoms with Gasteiger partial charge >= 0.3 is 11.8 Å². The summed E-state index contributed by atoms with van der Waals surface area (Å²) < 4.78 is 0. The predicted octanol–water partition coefficient (Wildman–Crippen LogP) is 2.91. The minimum atomic E-state index is -1.01. The molecule has 0 spiro atoms. The summed E-state index contributed by atoms with van der Waals surface area (Å²) in [5.41, 5.74) is 0.0237. The number of amides is 2. The number of aliphatic hydroxyl groups is 1. The SMILES string of the molecule is CCC(O)(CC)CNC(=O)C(=O)Nc1cc(Cl)c(C)c(Cl)c1. The Hall–Kier alpha value is -1.30. The number of hydrogen-bond acceptors (Lipinski definition) is 3. The summed E-state index contributed by atoms with van der Waals surface area (Å²) in [5, 5.41) is 15.7. The first kappa shape index (κ1) is 18.7. The minimum absolute atomic E-state index is 0.0155. The maximum atomic E-state index is 11.8. The van der Waals surface area contributed by atoms with Gasteiger partial charge < -0.3 is 15.7 Å². The van der Waals surface area contributed by atoms with Crippen LogP contribution >= 0.6 is 23.2 Å². The lowest BCUT2D eigenvalue weighted by molar-refractivity contribution is -0.136. The number of rotatable bonds is 5. The van der Waals surface area contributed by atoms with Crippen LogP contribution in [-0.4, -0.2) is 29.1 Å². The molecule has 0 aliphatic heterocycles. The van der Waals surface area contributed by atoms with Gasteiger partial charge in [0.05, 0.1) is 5.60 Å². The molecule has 7 heteroatoms. The topological polar surface area (TPSA) is 78.4 Å². The Morgan fingerprint density at radius 2 is 1.64 bits per heavy atom. The van der Waals surface area contributed by atoms with Crippen molar-refractivity contribution >= 4 is 40.7 Å². The minimum Gasteiger partial charge on any atom is -0.388 e. The maximum Gasteiger partial charge on any atom is 0.313 e. The number of carbonyl (C=O) groups is 2. The molecule has 0 atom stereocenters. The van der Waals surface area contributed by atoms with Gasteiger partial charge in [0.15, 0.2) is 0 Å². The largest absolute Gasteiger partial charge is 0.388 e. The highest BCUT2D eigenvalue weighted by Gasteiger charge is 2.24. The highest BCUT2D eigenvalue weighted by molar-refractivity contribution is 6.40. The summed E-state index contributed by atoms with van der Waals surface area (Å²) in [4.78, 5) is 23.6. The van der Waals surface area contributed by atoms with Gasteiger partial charge in [-0.15, -0.1) is 0 Å². The van der Waals surface area contributed by atoms with Crippen LogP contribution in [-0.2, 0) is 9.59 Å². The lowest BCUT2D eigenvalue weighted by atomic mass is 9.98. The van der Waals surface area contributed by atoms with Gasteiger partial charge in [0.2, 0.25) is 0 Å². The molecule has 1 aromatic rings. The molecule has 0 saturated carbocycles. The van der Waals surface area contributed by atoms with E-state index in [0.717, 1.165) is 0 Å². The third kappa shape index (κ3) is 4.87. The van der Waals surface area contributed by atoms with Gasteiger partial charge in [0.25, 0.3) is 0 Å². The van der Waals surface area contributed by atoms with Crippen LogP contribution in [0.25, 0.3) is 0 Å². The van der Waals surface area contributed by atoms with Gasteiger partial charge in [0, 0.05) is 22.3 Å². The van der Waals surface area contributed by atoms with Crippen molar-refractivity contribution < 1.29 is 14.7 Å². The Kier molecular flexibility index (Phi) is 6.66. The second kappa shape index (κ2) is 7.81. The molecule has 3 N–H and O–H groups in total. The van der Waals surface area contributed by atoms with E-state index >= 15 is 0 Å². The Morgan fingerprint density at radius 3 is 2.09 bits per heavy atom. The van der Waals surface area contributed by atoms with Gasteiger partial charge in [-0.1, -0.05) is 37.0 Å². The van der Waals surface area contributed by atoms with Crippen molar-refractivity contribution in [2.24, 2.45) is 0 Å². The number of halogens is 2. The second-order valence-electron chi connectivity index (χ2n) is 5.13. The van der Waals surface area contributed by atoms with Crippen LogP contribution in [0.15, 0.2) is 12.1 Å². The molecule has 0 fully saturated rings. The molecule has 0 saturated heterocycles. The summed E-state index contributed by atoms with van der Waals surface area (Å²) in [6.45, 7) is 5.39. The zero-order valence-corrected chi connectivity index (χ0v) is 14.3. The van der Waals surface area contributed by atoms with Crippen LogP contribution in [0.1, 0.15) is 32.3 Å². The smallest absolute Gasteiger partial charge is 0.313 e. The van der Waals surface area contributed by atoms with Crippen molar-refractivity contribution in [3.63, 3.8) is 0 Å². The van der Waals surface area contributed by atoms with Gasteiger partial charge in [0.1, 0.15) is 0 Å². The molecule has 122 valence electrons. The van der Waals surface area contributed by atoms with Crippen LogP contribution in [0.2, 0.25) is 10.0 Å². The number of hydrogen-bond donors (Lipinski definition) is 3. The van der Waals surface area contributed by atoms with Crippen LogP contribution in [0.3, 0.4) is 0 Å². The molecule has 1 aromatic carbocycles. The molecule has 0 bridgehead atoms. The van der Waals surface area contributed by atoms with E-state index in [-0.39, 0.29) is 6.54 Å². The quantitative estimate of drug-likeness (QED) is 0.717. The Balaban J connectivity index is 2.67. The van der Waals surface area contributed by atoms with Crippen LogP contribution in [0.5, 0.6) is 0 Å². The molecular weight excluding hydrogens is 327 g/mol. The molecule has 0 aliphatic carbocycles. The monoisotopic (exact) mass is 346 g/mol. The first-order chi connectivity index (χ1) is 10.2. The van der Waals surface area contributed by atoms with E-state index in [4.69, 9.17) is 23.2 Å². The fourth-order valence-corrected chi connectivity index (χ4v) is 2.22. The van der Waals surface area contributed by atoms with Crippen LogP contribution < -0.4 is 10.6 Å². The Morgan fingerprint density at radius 1 is 1.14 bits per heavy atom. The average Bonchev–Trinajstić information content (AvgIpc) is 2.49. The molecule has 1 rings (SSSR count). The third-order valence-electron chi connectivity index (χ3n) is 3.64. The fourth-order valence-electron chi connectivity index (χ4n) is 1.73. The van der Waals surface area contributed by atoms with E-state index < -0.39 is 17.4 Å². The highest BCUT2D eigenvalue weighted by atomic mass is 35.5. The lowest BCUT2D eigenvalue weighted by Crippen LogP contribution is -2.45. The van der Waals surface area contributed by atoms with Gasteiger partial charge in [-0.3, -0.25) is 9.59 Å². The van der Waals surface area contributed by atoms with Gasteiger partial charge in [-0.05, 0) is 37.5 Å². The van der Waals surface area contributed by atoms with Crippen molar-refractivity contribution in [2.75, 3.05) is 11.9 Å². The van der Waals surface area contributed by atoms with E-state index in [2.05, 4.69) is 10.6 Å². The zero-order chi connectivity index (χ0) is 16.9. The molecule has 22 heavy (non-hydrogen) atoms. The maximum absolute atomic E-state index is 11.8. The van der Waals surface area contributed by atoms with Crippen molar-refractivity contribution in [3.05, 3.63) is 27.7 Å². The molecule has 0 unspecified atom stereocenters. The Bertz CT molecular complexity index is 549. The van der Waals surface area contributed by atoms with E-state index in [0.29, 0.717) is 34.1 Å². The number of nitrogens with one attached hydrogen (secondary N) is 2. The predicted molar refractivity (Wildman–Crippen MR) is 88.4 cm³/mol. The zero-order valence-electron chi connectivity index (χ0n) is 12.8. The van der Waals surface area contributed by atoms with Crippen molar-refractivity contribution in [1.29, 1.82) is 0 Å². The first-order valence-electron chi connectivity index (χ1n) is 6.99. The molecule has 5 nitrogen and oxygen atoms in total. The summed E-state index contributed by atoms with van der Waals surface area (Å²) >= 11 is 11.9. The van der Waals surface area contributed by atoms with Crippen molar-refractivity contribution in [3.8, 4) is 0 Å². The summed E-state index contributed by atoms with van der Waals surface area (Å²) in [5.74, 6) is -1.67. The van der Waals surface area contributed by atoms with Gasteiger partial charge in [-0.25, -0.2) is 0 Å². The summed E-state index contributed by atoms with van der Waals surface area (Å²) in [7, 11) is 0. The number of anilines is 1. The van der Waals surface area contributed by atoms with E-state index in [9.17, 15) is 14.7 Å². The normalized spacial score (nSPS) is 11.2. The van der Waals surface area contributed by atoms with E-state index in [1.807, 2.05) is 13.8 Å². The van der Waals surface area contributed by atoms with Gasteiger partial charge in [-0.2, -0.15) is 0 Å². The van der Waals surface area contributed by atoms with Crippen molar-refractivity contribution in [2.45, 2.75) is 39.2 Å². The number of carbonyl (C=O) groups excluding carboxylic acids is 2. The highest BCUT2D eigenvalue weighted by Crippen LogP contribution is 2.28. The summed E-state index contributed by atoms with van der Waals surface area (Å²) in [6, 6.07) is 3.03. The molecule has 0 heterocycles. The molecule has 0 aliphatic rings. The lowest BCUT2D eigenvalue weighted by Gasteiger charge is -2.25. The molecule has 0 aromatic heterocycles. The molecule has 0 radical (unpaired) electrons. The standard InChI is InChI=1S/C15H20Cl2N2O3/c1-4-15(22,5-2)8-18-13(20)14(21)19-10-6-11(16)9(3)12(17)7-10/h6-7,22H,4-5,8H2,1-3H3,(H,18,20)(H,19,21). The molecule has 2 amide bonds. The second-order valence-corrected chi connectivity index (χ2v) is 5.95.